The van der Waals surface area contributed by atoms with Crippen LogP contribution in [0.5, 0.6) is 0 Å². The van der Waals surface area contributed by atoms with Crippen LogP contribution >= 0.6 is 0 Å². The minimum absolute atomic E-state index is 0.253. The maximum atomic E-state index is 14.0. The average Bonchev–Trinajstić information content (AvgIpc) is 3.37. The van der Waals surface area contributed by atoms with Crippen molar-refractivity contribution in [1.82, 2.24) is 20.4 Å². The van der Waals surface area contributed by atoms with Crippen LogP contribution in [0.25, 0.3) is 0 Å². The topological polar surface area (TPSA) is 119 Å². The highest BCUT2D eigenvalue weighted by Crippen LogP contribution is 2.43. The third-order valence-electron chi connectivity index (χ3n) is 7.42. The van der Waals surface area contributed by atoms with Gasteiger partial charge in [-0.05, 0) is 87.6 Å². The minimum Gasteiger partial charge on any atom is -0.343 e. The Balaban J connectivity index is 1.49. The van der Waals surface area contributed by atoms with Crippen LogP contribution in [0.2, 0.25) is 0 Å². The average molecular weight is 530 g/mol. The largest absolute Gasteiger partial charge is 0.343 e. The normalized spacial score (nSPS) is 17.1. The Labute approximate surface area is 226 Å². The van der Waals surface area contributed by atoms with Crippen molar-refractivity contribution >= 4 is 11.8 Å². The summed E-state index contributed by atoms with van der Waals surface area (Å²) in [5.74, 6) is -1.13. The highest BCUT2D eigenvalue weighted by molar-refractivity contribution is 5.96. The van der Waals surface area contributed by atoms with E-state index in [9.17, 15) is 24.0 Å². The molecule has 2 N–H and O–H groups in total. The fourth-order valence-electron chi connectivity index (χ4n) is 5.26. The van der Waals surface area contributed by atoms with E-state index in [1.807, 2.05) is 6.92 Å². The van der Waals surface area contributed by atoms with Gasteiger partial charge in [0.15, 0.2) is 0 Å². The van der Waals surface area contributed by atoms with Gasteiger partial charge in [-0.2, -0.15) is 10.4 Å². The van der Waals surface area contributed by atoms with Gasteiger partial charge in [-0.25, -0.2) is 9.49 Å². The van der Waals surface area contributed by atoms with Crippen molar-refractivity contribution in [3.8, 4) is 6.07 Å². The van der Waals surface area contributed by atoms with Crippen molar-refractivity contribution in [2.24, 2.45) is 5.41 Å². The molecule has 4 rings (SSSR count). The van der Waals surface area contributed by atoms with Crippen molar-refractivity contribution in [2.45, 2.75) is 59.0 Å². The van der Waals surface area contributed by atoms with E-state index in [1.165, 1.54) is 12.1 Å². The van der Waals surface area contributed by atoms with E-state index in [0.717, 1.165) is 11.1 Å². The fraction of sp³-hybridized carbons (Fsp3) is 0.367. The van der Waals surface area contributed by atoms with Gasteiger partial charge in [-0.15, -0.1) is 0 Å². The Morgan fingerprint density at radius 2 is 1.92 bits per heavy atom. The monoisotopic (exact) mass is 529 g/mol. The summed E-state index contributed by atoms with van der Waals surface area (Å²) >= 11 is 0. The highest BCUT2D eigenvalue weighted by Gasteiger charge is 2.45. The molecular weight excluding hydrogens is 497 g/mol. The molecule has 2 amide bonds. The molecule has 202 valence electrons. The third kappa shape index (κ3) is 6.06. The lowest BCUT2D eigenvalue weighted by atomic mass is 9.84. The second kappa shape index (κ2) is 11.2. The molecule has 9 heteroatoms. The summed E-state index contributed by atoms with van der Waals surface area (Å²) in [4.78, 5) is 40.2. The van der Waals surface area contributed by atoms with Crippen LogP contribution in [0.4, 0.5) is 4.39 Å². The van der Waals surface area contributed by atoms with Crippen LogP contribution < -0.4 is 10.9 Å². The van der Waals surface area contributed by atoms with E-state index in [2.05, 4.69) is 21.6 Å². The molecule has 2 atom stereocenters. The number of halogens is 1. The second-order valence-electron chi connectivity index (χ2n) is 10.7. The quantitative estimate of drug-likeness (QED) is 0.477. The van der Waals surface area contributed by atoms with Crippen LogP contribution in [-0.2, 0) is 11.2 Å². The number of likely N-dealkylation sites (tertiary alicyclic amines) is 1. The molecular formula is C30H32FN5O3. The molecule has 0 bridgehead atoms. The second-order valence-corrected chi connectivity index (χ2v) is 10.7. The van der Waals surface area contributed by atoms with Crippen molar-refractivity contribution < 1.29 is 14.0 Å². The van der Waals surface area contributed by atoms with E-state index in [4.69, 9.17) is 0 Å². The summed E-state index contributed by atoms with van der Waals surface area (Å²) in [6.45, 7) is 6.98. The molecule has 3 aromatic rings. The van der Waals surface area contributed by atoms with Gasteiger partial charge in [-0.3, -0.25) is 14.4 Å². The summed E-state index contributed by atoms with van der Waals surface area (Å²) in [7, 11) is 0. The number of hydrogen-bond acceptors (Lipinski definition) is 5. The number of nitrogens with zero attached hydrogens (tertiary/aromatic N) is 3. The summed E-state index contributed by atoms with van der Waals surface area (Å²) in [6, 6.07) is 14.6. The maximum Gasteiger partial charge on any atom is 0.267 e. The first-order valence-electron chi connectivity index (χ1n) is 12.9. The van der Waals surface area contributed by atoms with Crippen molar-refractivity contribution in [3.05, 3.63) is 98.2 Å². The number of H-pyrrole nitrogens is 1. The van der Waals surface area contributed by atoms with E-state index >= 15 is 0 Å². The smallest absolute Gasteiger partial charge is 0.267 e. The fourth-order valence-corrected chi connectivity index (χ4v) is 5.26. The van der Waals surface area contributed by atoms with Crippen LogP contribution in [0.15, 0.2) is 53.3 Å². The predicted octanol–water partition coefficient (Wildman–Crippen LogP) is 4.13. The van der Waals surface area contributed by atoms with E-state index in [-0.39, 0.29) is 30.1 Å². The lowest BCUT2D eigenvalue weighted by Crippen LogP contribution is -2.48. The van der Waals surface area contributed by atoms with Crippen molar-refractivity contribution in [1.29, 1.82) is 5.26 Å². The number of amides is 2. The lowest BCUT2D eigenvalue weighted by molar-refractivity contribution is -0.134. The third-order valence-corrected chi connectivity index (χ3v) is 7.42. The van der Waals surface area contributed by atoms with Gasteiger partial charge in [0.1, 0.15) is 5.82 Å². The summed E-state index contributed by atoms with van der Waals surface area (Å²) in [5, 5.41) is 18.8. The SMILES string of the molecule is Cc1cc(Cc2ccc(C(=O)NCC(=O)N3C(c4cccc(F)c4)CC[C@@H]3C(C)(C)C#N)cc2C)c(=O)[nH]n1. The number of nitrogens with one attached hydrogen (secondary N) is 2. The standard InChI is InChI=1S/C30H32FN5O3/c1-18-12-22(9-8-20(18)14-23-13-19(2)34-35-29(23)39)28(38)33-16-27(37)36-25(21-6-5-7-24(31)15-21)10-11-26(36)30(3,4)17-32/h5-9,12-13,15,25-26H,10-11,14,16H2,1-4H3,(H,33,38)(H,35,39)/t25?,26-/m1/s1. The molecule has 39 heavy (non-hydrogen) atoms. The van der Waals surface area contributed by atoms with Gasteiger partial charge in [0, 0.05) is 17.5 Å². The number of rotatable bonds is 7. The Morgan fingerprint density at radius 3 is 2.62 bits per heavy atom. The van der Waals surface area contributed by atoms with Gasteiger partial charge in [-0.1, -0.05) is 18.2 Å². The lowest BCUT2D eigenvalue weighted by Gasteiger charge is -2.36. The number of carbonyl (C=O) groups is 2. The Bertz CT molecular complexity index is 1510. The molecule has 2 heterocycles. The molecule has 8 nitrogen and oxygen atoms in total. The zero-order valence-electron chi connectivity index (χ0n) is 22.5. The predicted molar refractivity (Wildman–Crippen MR) is 144 cm³/mol. The van der Waals surface area contributed by atoms with Crippen LogP contribution in [0.3, 0.4) is 0 Å². The molecule has 1 saturated heterocycles. The highest BCUT2D eigenvalue weighted by atomic mass is 19.1. The number of carbonyl (C=O) groups excluding carboxylic acids is 2. The van der Waals surface area contributed by atoms with Crippen LogP contribution in [-0.4, -0.2) is 39.5 Å². The van der Waals surface area contributed by atoms with Gasteiger partial charge in [0.2, 0.25) is 5.91 Å². The van der Waals surface area contributed by atoms with Crippen molar-refractivity contribution in [3.63, 3.8) is 0 Å². The zero-order valence-corrected chi connectivity index (χ0v) is 22.5. The van der Waals surface area contributed by atoms with Crippen molar-refractivity contribution in [2.75, 3.05) is 6.54 Å². The molecule has 1 aliphatic heterocycles. The molecule has 0 aliphatic carbocycles. The molecule has 1 aliphatic rings. The van der Waals surface area contributed by atoms with E-state index in [1.54, 1.807) is 62.1 Å². The van der Waals surface area contributed by atoms with Gasteiger partial charge in [0.05, 0.1) is 35.8 Å². The number of aryl methyl sites for hydroxylation is 2. The first-order chi connectivity index (χ1) is 18.5. The first kappa shape index (κ1) is 27.7. The minimum atomic E-state index is -0.816. The molecule has 0 radical (unpaired) electrons. The van der Waals surface area contributed by atoms with Gasteiger partial charge in [0.25, 0.3) is 11.5 Å². The number of aromatic amines is 1. The maximum absolute atomic E-state index is 14.0. The molecule has 0 spiro atoms. The Hall–Kier alpha value is -4.32. The number of benzene rings is 2. The van der Waals surface area contributed by atoms with Gasteiger partial charge < -0.3 is 10.2 Å². The molecule has 0 saturated carbocycles. The molecule has 1 aromatic heterocycles. The molecule has 2 aromatic carbocycles. The first-order valence-corrected chi connectivity index (χ1v) is 12.9. The van der Waals surface area contributed by atoms with Crippen LogP contribution in [0.1, 0.15) is 71.0 Å². The summed E-state index contributed by atoms with van der Waals surface area (Å²) in [6.07, 6.45) is 1.60. The van der Waals surface area contributed by atoms with Crippen LogP contribution in [0, 0.1) is 36.4 Å². The van der Waals surface area contributed by atoms with E-state index < -0.39 is 17.1 Å². The zero-order chi connectivity index (χ0) is 28.3. The summed E-state index contributed by atoms with van der Waals surface area (Å²) < 4.78 is 14.0. The number of aromatic nitrogens is 2. The molecule has 1 fully saturated rings. The summed E-state index contributed by atoms with van der Waals surface area (Å²) in [5.41, 5.74) is 3.02. The van der Waals surface area contributed by atoms with Gasteiger partial charge >= 0.3 is 0 Å². The number of hydrogen-bond donors (Lipinski definition) is 2. The Kier molecular flexibility index (Phi) is 7.95. The number of nitriles is 1. The molecule has 1 unspecified atom stereocenters. The van der Waals surface area contributed by atoms with E-state index in [0.29, 0.717) is 41.6 Å². The Morgan fingerprint density at radius 1 is 1.15 bits per heavy atom.